The molecule has 0 aliphatic rings. The lowest BCUT2D eigenvalue weighted by atomic mass is 10.2. The first kappa shape index (κ1) is 15.3. The molecule has 1 aromatic heterocycles. The number of nitrogens with zero attached hydrogens (tertiary/aromatic N) is 1. The number of rotatable bonds is 2. The van der Waals surface area contributed by atoms with E-state index in [1.165, 1.54) is 0 Å². The molecule has 4 nitrogen and oxygen atoms in total. The zero-order valence-corrected chi connectivity index (χ0v) is 11.7. The van der Waals surface area contributed by atoms with Crippen molar-refractivity contribution in [2.45, 2.75) is 6.92 Å². The van der Waals surface area contributed by atoms with E-state index in [2.05, 4.69) is 10.7 Å². The van der Waals surface area contributed by atoms with Gasteiger partial charge in [-0.05, 0) is 24.6 Å². The van der Waals surface area contributed by atoms with Crippen molar-refractivity contribution < 1.29 is 21.9 Å². The van der Waals surface area contributed by atoms with E-state index < -0.39 is 0 Å². The van der Waals surface area contributed by atoms with Crippen LogP contribution in [0.5, 0.6) is 0 Å². The lowest BCUT2D eigenvalue weighted by Crippen LogP contribution is -3.00. The predicted octanol–water partition coefficient (Wildman–Crippen LogP) is -0.284. The van der Waals surface area contributed by atoms with E-state index in [1.807, 2.05) is 31.2 Å². The molecule has 1 heterocycles. The molecule has 0 saturated carbocycles. The summed E-state index contributed by atoms with van der Waals surface area (Å²) in [4.78, 5) is 11.8. The molecule has 0 unspecified atom stereocenters. The van der Waals surface area contributed by atoms with E-state index >= 15 is 0 Å². The largest absolute Gasteiger partial charge is 1.00 e. The molecule has 1 aromatic carbocycles. The monoisotopic (exact) mass is 297 g/mol. The summed E-state index contributed by atoms with van der Waals surface area (Å²) in [5.74, 6) is 0. The van der Waals surface area contributed by atoms with Crippen LogP contribution >= 0.6 is 11.6 Å². The number of carbonyl (C=O) groups is 1. The number of benzene rings is 1. The number of hydrogen-bond acceptors (Lipinski definition) is 1. The van der Waals surface area contributed by atoms with Gasteiger partial charge in [0, 0.05) is 22.8 Å². The molecule has 0 spiro atoms. The van der Waals surface area contributed by atoms with Crippen LogP contribution in [0.4, 0.5) is 10.5 Å². The van der Waals surface area contributed by atoms with Crippen LogP contribution in [0.2, 0.25) is 5.02 Å². The lowest BCUT2D eigenvalue weighted by Gasteiger charge is -2.07. The van der Waals surface area contributed by atoms with Gasteiger partial charge in [0.05, 0.1) is 0 Å². The molecular formula is C13H13Cl2N3O. The Hall–Kier alpha value is -1.78. The van der Waals surface area contributed by atoms with Gasteiger partial charge in [0.25, 0.3) is 0 Å². The number of halogens is 2. The number of nitrogens with one attached hydrogen (secondary N) is 2. The fourth-order valence-corrected chi connectivity index (χ4v) is 1.64. The van der Waals surface area contributed by atoms with Gasteiger partial charge in [0.1, 0.15) is 0 Å². The van der Waals surface area contributed by atoms with Crippen molar-refractivity contribution in [1.82, 2.24) is 0 Å². The highest BCUT2D eigenvalue weighted by Crippen LogP contribution is 2.19. The first-order valence-corrected chi connectivity index (χ1v) is 5.83. The van der Waals surface area contributed by atoms with Crippen LogP contribution in [0.1, 0.15) is 5.56 Å². The number of carbonyl (C=O) groups excluding carboxylic acids is 1. The molecule has 0 radical (unpaired) electrons. The smallest absolute Gasteiger partial charge is 0.372 e. The van der Waals surface area contributed by atoms with Crippen molar-refractivity contribution in [1.29, 1.82) is 0 Å². The fourth-order valence-electron chi connectivity index (χ4n) is 1.47. The second kappa shape index (κ2) is 6.97. The lowest BCUT2D eigenvalue weighted by molar-refractivity contribution is -0.641. The first-order chi connectivity index (χ1) is 8.65. The Bertz CT molecular complexity index is 561. The normalized spacial score (nSPS) is 9.37. The summed E-state index contributed by atoms with van der Waals surface area (Å²) in [6, 6.07) is 10.6. The van der Waals surface area contributed by atoms with Crippen LogP contribution in [0, 0.1) is 6.92 Å². The highest BCUT2D eigenvalue weighted by molar-refractivity contribution is 6.31. The molecule has 0 atom stereocenters. The van der Waals surface area contributed by atoms with Crippen LogP contribution in [0.15, 0.2) is 48.8 Å². The van der Waals surface area contributed by atoms with Gasteiger partial charge < -0.3 is 17.7 Å². The van der Waals surface area contributed by atoms with Crippen molar-refractivity contribution >= 4 is 23.3 Å². The molecule has 2 rings (SSSR count). The average Bonchev–Trinajstić information content (AvgIpc) is 2.35. The van der Waals surface area contributed by atoms with Crippen LogP contribution in [-0.2, 0) is 0 Å². The third-order valence-electron chi connectivity index (χ3n) is 2.39. The summed E-state index contributed by atoms with van der Waals surface area (Å²) in [6.07, 6.45) is 3.48. The molecule has 0 aliphatic heterocycles. The summed E-state index contributed by atoms with van der Waals surface area (Å²) in [7, 11) is 0. The third-order valence-corrected chi connectivity index (χ3v) is 2.63. The third kappa shape index (κ3) is 4.43. The fraction of sp³-hybridized carbons (Fsp3) is 0.0769. The summed E-state index contributed by atoms with van der Waals surface area (Å²) >= 11 is 5.88. The highest BCUT2D eigenvalue weighted by atomic mass is 35.5. The maximum Gasteiger partial charge on any atom is 0.372 e. The van der Waals surface area contributed by atoms with Gasteiger partial charge in [0.2, 0.25) is 0 Å². The molecule has 100 valence electrons. The van der Waals surface area contributed by atoms with Crippen LogP contribution < -0.4 is 27.8 Å². The molecule has 2 amide bonds. The van der Waals surface area contributed by atoms with Gasteiger partial charge in [-0.2, -0.15) is 0 Å². The molecule has 6 heteroatoms. The summed E-state index contributed by atoms with van der Waals surface area (Å²) in [5, 5.41) is 3.33. The molecular weight excluding hydrogens is 285 g/mol. The zero-order valence-electron chi connectivity index (χ0n) is 10.2. The number of pyridine rings is 1. The van der Waals surface area contributed by atoms with Gasteiger partial charge in [-0.25, -0.2) is 4.79 Å². The number of amides is 2. The number of anilines is 1. The summed E-state index contributed by atoms with van der Waals surface area (Å²) in [5.41, 5.74) is 4.30. The molecule has 2 N–H and O–H groups in total. The molecule has 0 fully saturated rings. The highest BCUT2D eigenvalue weighted by Gasteiger charge is 2.08. The second-order valence-electron chi connectivity index (χ2n) is 3.81. The second-order valence-corrected chi connectivity index (χ2v) is 4.24. The van der Waals surface area contributed by atoms with E-state index in [9.17, 15) is 4.79 Å². The minimum atomic E-state index is -0.323. The van der Waals surface area contributed by atoms with Gasteiger partial charge in [-0.3, -0.25) is 0 Å². The summed E-state index contributed by atoms with van der Waals surface area (Å²) < 4.78 is 1.56. The van der Waals surface area contributed by atoms with Crippen LogP contribution in [-0.4, -0.2) is 6.03 Å². The Kier molecular flexibility index (Phi) is 5.60. The minimum Gasteiger partial charge on any atom is -1.00 e. The van der Waals surface area contributed by atoms with Gasteiger partial charge in [-0.15, -0.1) is 5.43 Å². The van der Waals surface area contributed by atoms with E-state index in [0.717, 1.165) is 5.56 Å². The topological polar surface area (TPSA) is 45.0 Å². The zero-order chi connectivity index (χ0) is 13.0. The van der Waals surface area contributed by atoms with Crippen molar-refractivity contribution in [3.8, 4) is 0 Å². The minimum absolute atomic E-state index is 0. The Labute approximate surface area is 122 Å². The van der Waals surface area contributed by atoms with E-state index in [-0.39, 0.29) is 18.4 Å². The average molecular weight is 298 g/mol. The van der Waals surface area contributed by atoms with E-state index in [1.54, 1.807) is 29.2 Å². The van der Waals surface area contributed by atoms with E-state index in [0.29, 0.717) is 10.7 Å². The predicted molar refractivity (Wildman–Crippen MR) is 71.2 cm³/mol. The Morgan fingerprint density at radius 2 is 1.89 bits per heavy atom. The Morgan fingerprint density at radius 1 is 1.21 bits per heavy atom. The Morgan fingerprint density at radius 3 is 2.58 bits per heavy atom. The summed E-state index contributed by atoms with van der Waals surface area (Å²) in [6.45, 7) is 1.90. The molecule has 2 aromatic rings. The van der Waals surface area contributed by atoms with Crippen LogP contribution in [0.3, 0.4) is 0 Å². The molecule has 19 heavy (non-hydrogen) atoms. The first-order valence-electron chi connectivity index (χ1n) is 5.45. The number of urea groups is 1. The van der Waals surface area contributed by atoms with Crippen molar-refractivity contribution in [3.63, 3.8) is 0 Å². The van der Waals surface area contributed by atoms with Crippen molar-refractivity contribution in [3.05, 3.63) is 59.4 Å². The maximum absolute atomic E-state index is 11.8. The quantitative estimate of drug-likeness (QED) is 0.736. The number of aryl methyl sites for hydroxylation is 1. The standard InChI is InChI=1S/C13H12ClN3O.ClH/c1-10-5-6-11(14)9-12(10)15-13(18)16-17-7-3-2-4-8-17;/h2-9H,1H3,(H-,15,16,18);1H. The molecule has 0 aliphatic carbocycles. The molecule has 0 saturated heterocycles. The maximum atomic E-state index is 11.8. The van der Waals surface area contributed by atoms with Gasteiger partial charge in [0.15, 0.2) is 12.4 Å². The van der Waals surface area contributed by atoms with Gasteiger partial charge >= 0.3 is 6.03 Å². The van der Waals surface area contributed by atoms with Gasteiger partial charge in [-0.1, -0.05) is 28.4 Å². The van der Waals surface area contributed by atoms with E-state index in [4.69, 9.17) is 11.6 Å². The Balaban J connectivity index is 0.00000180. The van der Waals surface area contributed by atoms with Crippen molar-refractivity contribution in [2.75, 3.05) is 10.7 Å². The van der Waals surface area contributed by atoms with Crippen LogP contribution in [0.25, 0.3) is 0 Å². The number of aromatic nitrogens is 1. The SMILES string of the molecule is Cc1ccc(Cl)cc1NC(=O)N[n+]1ccccc1.[Cl-]. The molecule has 0 bridgehead atoms. The van der Waals surface area contributed by atoms with Crippen molar-refractivity contribution in [2.24, 2.45) is 0 Å². The number of hydrogen-bond donors (Lipinski definition) is 2.